The highest BCUT2D eigenvalue weighted by molar-refractivity contribution is 7.99. The van der Waals surface area contributed by atoms with E-state index in [4.69, 9.17) is 23.8 Å². The van der Waals surface area contributed by atoms with Gasteiger partial charge in [-0.2, -0.15) is 0 Å². The molecule has 0 aliphatic rings. The van der Waals surface area contributed by atoms with Gasteiger partial charge in [0.1, 0.15) is 0 Å². The van der Waals surface area contributed by atoms with Crippen LogP contribution < -0.4 is 10.6 Å². The standard InChI is InChI=1S/C10H13ClN2S2/c1-12-10(14)13-6-7-15-9-4-2-8(11)3-5-9/h2-5H,6-7H2,1H3,(H2,12,13,14). The number of rotatable bonds is 4. The van der Waals surface area contributed by atoms with Gasteiger partial charge < -0.3 is 10.6 Å². The molecule has 2 nitrogen and oxygen atoms in total. The van der Waals surface area contributed by atoms with Crippen molar-refractivity contribution < 1.29 is 0 Å². The fourth-order valence-corrected chi connectivity index (χ4v) is 1.95. The number of nitrogens with one attached hydrogen (secondary N) is 2. The average Bonchev–Trinajstić information content (AvgIpc) is 2.26. The second-order valence-electron chi connectivity index (χ2n) is 2.81. The van der Waals surface area contributed by atoms with E-state index in [0.717, 1.165) is 17.3 Å². The maximum atomic E-state index is 5.79. The molecule has 2 N–H and O–H groups in total. The van der Waals surface area contributed by atoms with Gasteiger partial charge in [0.25, 0.3) is 0 Å². The Morgan fingerprint density at radius 1 is 1.40 bits per heavy atom. The maximum Gasteiger partial charge on any atom is 0.166 e. The van der Waals surface area contributed by atoms with Gasteiger partial charge in [-0.3, -0.25) is 0 Å². The molecular weight excluding hydrogens is 248 g/mol. The van der Waals surface area contributed by atoms with E-state index in [9.17, 15) is 0 Å². The number of hydrogen-bond acceptors (Lipinski definition) is 2. The van der Waals surface area contributed by atoms with Crippen molar-refractivity contribution in [2.45, 2.75) is 4.90 Å². The van der Waals surface area contributed by atoms with Crippen molar-refractivity contribution in [2.75, 3.05) is 19.3 Å². The van der Waals surface area contributed by atoms with Crippen LogP contribution in [0.5, 0.6) is 0 Å². The highest BCUT2D eigenvalue weighted by Gasteiger charge is 1.95. The molecule has 5 heteroatoms. The summed E-state index contributed by atoms with van der Waals surface area (Å²) < 4.78 is 0. The summed E-state index contributed by atoms with van der Waals surface area (Å²) in [5.41, 5.74) is 0. The zero-order valence-corrected chi connectivity index (χ0v) is 10.8. The zero-order valence-electron chi connectivity index (χ0n) is 8.42. The molecule has 0 fully saturated rings. The van der Waals surface area contributed by atoms with Gasteiger partial charge in [0.05, 0.1) is 0 Å². The minimum atomic E-state index is 0.687. The predicted molar refractivity (Wildman–Crippen MR) is 71.8 cm³/mol. The molecule has 0 heterocycles. The van der Waals surface area contributed by atoms with Crippen molar-refractivity contribution in [1.82, 2.24) is 10.6 Å². The van der Waals surface area contributed by atoms with Crippen LogP contribution in [0.2, 0.25) is 5.02 Å². The summed E-state index contributed by atoms with van der Waals surface area (Å²) in [5, 5.41) is 7.41. The van der Waals surface area contributed by atoms with Crippen LogP contribution >= 0.6 is 35.6 Å². The van der Waals surface area contributed by atoms with Crippen molar-refractivity contribution in [3.8, 4) is 0 Å². The van der Waals surface area contributed by atoms with E-state index in [1.807, 2.05) is 31.3 Å². The van der Waals surface area contributed by atoms with E-state index < -0.39 is 0 Å². The number of thiocarbonyl (C=S) groups is 1. The smallest absolute Gasteiger partial charge is 0.166 e. The maximum absolute atomic E-state index is 5.79. The number of benzene rings is 1. The minimum Gasteiger partial charge on any atom is -0.366 e. The summed E-state index contributed by atoms with van der Waals surface area (Å²) in [6.07, 6.45) is 0. The highest BCUT2D eigenvalue weighted by Crippen LogP contribution is 2.19. The summed E-state index contributed by atoms with van der Waals surface area (Å²) in [4.78, 5) is 1.22. The Morgan fingerprint density at radius 2 is 2.07 bits per heavy atom. The normalized spacial score (nSPS) is 9.73. The first kappa shape index (κ1) is 12.6. The van der Waals surface area contributed by atoms with Gasteiger partial charge in [0, 0.05) is 29.3 Å². The third kappa shape index (κ3) is 5.25. The average molecular weight is 261 g/mol. The van der Waals surface area contributed by atoms with E-state index >= 15 is 0 Å². The second kappa shape index (κ2) is 6.93. The third-order valence-electron chi connectivity index (χ3n) is 1.70. The molecule has 0 atom stereocenters. The van der Waals surface area contributed by atoms with Crippen LogP contribution in [0.25, 0.3) is 0 Å². The third-order valence-corrected chi connectivity index (χ3v) is 3.31. The lowest BCUT2D eigenvalue weighted by atomic mass is 10.4. The molecule has 0 radical (unpaired) electrons. The molecular formula is C10H13ClN2S2. The quantitative estimate of drug-likeness (QED) is 0.494. The Hall–Kier alpha value is -0.450. The lowest BCUT2D eigenvalue weighted by Crippen LogP contribution is -2.33. The zero-order chi connectivity index (χ0) is 11.1. The fourth-order valence-electron chi connectivity index (χ4n) is 0.953. The summed E-state index contributed by atoms with van der Waals surface area (Å²) in [5.74, 6) is 0.976. The highest BCUT2D eigenvalue weighted by atomic mass is 35.5. The van der Waals surface area contributed by atoms with E-state index in [0.29, 0.717) is 5.11 Å². The van der Waals surface area contributed by atoms with Gasteiger partial charge in [-0.25, -0.2) is 0 Å². The molecule has 1 rings (SSSR count). The minimum absolute atomic E-state index is 0.687. The van der Waals surface area contributed by atoms with Gasteiger partial charge in [0.15, 0.2) is 5.11 Å². The Labute approximate surface area is 105 Å². The summed E-state index contributed by atoms with van der Waals surface area (Å²) in [6.45, 7) is 0.854. The molecule has 0 bridgehead atoms. The Balaban J connectivity index is 2.20. The fraction of sp³-hybridized carbons (Fsp3) is 0.300. The van der Waals surface area contributed by atoms with Crippen molar-refractivity contribution in [3.63, 3.8) is 0 Å². The Kier molecular flexibility index (Phi) is 5.83. The van der Waals surface area contributed by atoms with Crippen molar-refractivity contribution >= 4 is 40.7 Å². The predicted octanol–water partition coefficient (Wildman–Crippen LogP) is 2.53. The lowest BCUT2D eigenvalue weighted by molar-refractivity contribution is 0.943. The topological polar surface area (TPSA) is 24.1 Å². The molecule has 0 aromatic heterocycles. The molecule has 0 unspecified atom stereocenters. The monoisotopic (exact) mass is 260 g/mol. The molecule has 0 aliphatic heterocycles. The largest absolute Gasteiger partial charge is 0.366 e. The molecule has 1 aromatic carbocycles. The summed E-state index contributed by atoms with van der Waals surface area (Å²) >= 11 is 12.5. The van der Waals surface area contributed by atoms with Crippen LogP contribution in [0.4, 0.5) is 0 Å². The number of halogens is 1. The van der Waals surface area contributed by atoms with Gasteiger partial charge in [-0.1, -0.05) is 11.6 Å². The number of thioether (sulfide) groups is 1. The molecule has 0 amide bonds. The molecule has 0 spiro atoms. The van der Waals surface area contributed by atoms with Gasteiger partial charge >= 0.3 is 0 Å². The molecule has 0 saturated heterocycles. The number of hydrogen-bond donors (Lipinski definition) is 2. The summed E-state index contributed by atoms with van der Waals surface area (Å²) in [6, 6.07) is 7.83. The Morgan fingerprint density at radius 3 is 2.67 bits per heavy atom. The van der Waals surface area contributed by atoms with Crippen molar-refractivity contribution in [2.24, 2.45) is 0 Å². The van der Waals surface area contributed by atoms with Crippen LogP contribution in [-0.4, -0.2) is 24.5 Å². The summed E-state index contributed by atoms with van der Waals surface area (Å²) in [7, 11) is 1.81. The first-order chi connectivity index (χ1) is 7.22. The van der Waals surface area contributed by atoms with Crippen LogP contribution in [0.1, 0.15) is 0 Å². The first-order valence-electron chi connectivity index (χ1n) is 4.56. The molecule has 82 valence electrons. The van der Waals surface area contributed by atoms with Gasteiger partial charge in [-0.05, 0) is 36.5 Å². The SMILES string of the molecule is CNC(=S)NCCSc1ccc(Cl)cc1. The molecule has 1 aromatic rings. The van der Waals surface area contributed by atoms with E-state index in [-0.39, 0.29) is 0 Å². The van der Waals surface area contributed by atoms with Gasteiger partial charge in [-0.15, -0.1) is 11.8 Å². The molecule has 0 aliphatic carbocycles. The van der Waals surface area contributed by atoms with Crippen LogP contribution in [0.15, 0.2) is 29.2 Å². The van der Waals surface area contributed by atoms with Crippen molar-refractivity contribution in [3.05, 3.63) is 29.3 Å². The second-order valence-corrected chi connectivity index (χ2v) is 4.82. The van der Waals surface area contributed by atoms with Crippen LogP contribution in [-0.2, 0) is 0 Å². The molecule has 0 saturated carbocycles. The van der Waals surface area contributed by atoms with E-state index in [1.54, 1.807) is 11.8 Å². The Bertz CT molecular complexity index is 314. The lowest BCUT2D eigenvalue weighted by Gasteiger charge is -2.06. The van der Waals surface area contributed by atoms with Gasteiger partial charge in [0.2, 0.25) is 0 Å². The van der Waals surface area contributed by atoms with Crippen LogP contribution in [0.3, 0.4) is 0 Å². The van der Waals surface area contributed by atoms with Crippen molar-refractivity contribution in [1.29, 1.82) is 0 Å². The molecule has 15 heavy (non-hydrogen) atoms. The van der Waals surface area contributed by atoms with E-state index in [1.165, 1.54) is 4.90 Å². The van der Waals surface area contributed by atoms with Crippen LogP contribution in [0, 0.1) is 0 Å². The first-order valence-corrected chi connectivity index (χ1v) is 6.33. The van der Waals surface area contributed by atoms with E-state index in [2.05, 4.69) is 10.6 Å².